The number of nitrogens with zero attached hydrogens (tertiary/aromatic N) is 1. The van der Waals surface area contributed by atoms with Gasteiger partial charge in [-0.05, 0) is 28.9 Å². The molecule has 0 amide bonds. The molecule has 2 atom stereocenters. The highest BCUT2D eigenvalue weighted by molar-refractivity contribution is 9.18. The lowest BCUT2D eigenvalue weighted by Crippen LogP contribution is -2.22. The van der Waals surface area contributed by atoms with E-state index in [0.29, 0.717) is 12.0 Å². The molecule has 0 saturated carbocycles. The largest absolute Gasteiger partial charge is 0.391 e. The fourth-order valence-electron chi connectivity index (χ4n) is 1.61. The van der Waals surface area contributed by atoms with Gasteiger partial charge in [0.25, 0.3) is 0 Å². The minimum atomic E-state index is 0.319. The summed E-state index contributed by atoms with van der Waals surface area (Å²) in [5.74, 6) is 0.661. The van der Waals surface area contributed by atoms with Gasteiger partial charge in [-0.1, -0.05) is 5.16 Å². The third kappa shape index (κ3) is 1.56. The van der Waals surface area contributed by atoms with Crippen molar-refractivity contribution in [3.63, 3.8) is 0 Å². The highest BCUT2D eigenvalue weighted by atomic mass is 79.9. The highest BCUT2D eigenvalue weighted by Gasteiger charge is 2.30. The minimum Gasteiger partial charge on any atom is -0.391 e. The van der Waals surface area contributed by atoms with Crippen LogP contribution in [0.1, 0.15) is 12.8 Å². The molecule has 1 fully saturated rings. The third-order valence-electron chi connectivity index (χ3n) is 2.28. The maximum absolute atomic E-state index is 5.25. The van der Waals surface area contributed by atoms with Crippen molar-refractivity contribution in [1.82, 2.24) is 5.32 Å². The Kier molecular flexibility index (Phi) is 2.13. The van der Waals surface area contributed by atoms with E-state index in [1.165, 1.54) is 6.42 Å². The zero-order valence-electron chi connectivity index (χ0n) is 6.22. The van der Waals surface area contributed by atoms with Crippen LogP contribution in [0.4, 0.5) is 0 Å². The van der Waals surface area contributed by atoms with Gasteiger partial charge in [-0.3, -0.25) is 0 Å². The monoisotopic (exact) mass is 218 g/mol. The van der Waals surface area contributed by atoms with Crippen molar-refractivity contribution in [2.45, 2.75) is 18.9 Å². The first kappa shape index (κ1) is 7.55. The van der Waals surface area contributed by atoms with Crippen LogP contribution in [0.25, 0.3) is 0 Å². The molecule has 0 bridgehead atoms. The van der Waals surface area contributed by atoms with Crippen LogP contribution in [0, 0.1) is 5.92 Å². The minimum absolute atomic E-state index is 0.319. The normalized spacial score (nSPS) is 37.0. The summed E-state index contributed by atoms with van der Waals surface area (Å²) in [6.45, 7) is 2.21. The fraction of sp³-hybridized carbons (Fsp3) is 0.857. The first-order valence-electron chi connectivity index (χ1n) is 3.95. The molecule has 1 saturated heterocycles. The first-order chi connectivity index (χ1) is 5.36. The summed E-state index contributed by atoms with van der Waals surface area (Å²) in [7, 11) is 0. The van der Waals surface area contributed by atoms with Crippen LogP contribution in [0.3, 0.4) is 0 Å². The topological polar surface area (TPSA) is 33.6 Å². The second kappa shape index (κ2) is 3.11. The Labute approximate surface area is 74.3 Å². The maximum atomic E-state index is 5.25. The van der Waals surface area contributed by atoms with Gasteiger partial charge in [-0.15, -0.1) is 0 Å². The van der Waals surface area contributed by atoms with E-state index in [4.69, 9.17) is 4.84 Å². The maximum Gasteiger partial charge on any atom is 0.137 e. The van der Waals surface area contributed by atoms with Crippen molar-refractivity contribution in [2.75, 3.05) is 13.1 Å². The molecule has 2 rings (SSSR count). The van der Waals surface area contributed by atoms with Gasteiger partial charge in [0.1, 0.15) is 10.7 Å². The zero-order chi connectivity index (χ0) is 7.68. The zero-order valence-corrected chi connectivity index (χ0v) is 7.80. The van der Waals surface area contributed by atoms with Gasteiger partial charge in [0.15, 0.2) is 0 Å². The van der Waals surface area contributed by atoms with Gasteiger partial charge in [-0.2, -0.15) is 0 Å². The Morgan fingerprint density at radius 3 is 3.09 bits per heavy atom. The molecule has 62 valence electrons. The van der Waals surface area contributed by atoms with Crippen molar-refractivity contribution >= 4 is 20.6 Å². The Morgan fingerprint density at radius 1 is 1.64 bits per heavy atom. The lowest BCUT2D eigenvalue weighted by Gasteiger charge is -2.13. The van der Waals surface area contributed by atoms with E-state index in [-0.39, 0.29) is 0 Å². The predicted molar refractivity (Wildman–Crippen MR) is 46.8 cm³/mol. The number of halogens is 1. The summed E-state index contributed by atoms with van der Waals surface area (Å²) >= 11 is 3.33. The Balaban J connectivity index is 1.88. The first-order valence-corrected chi connectivity index (χ1v) is 4.74. The Hall–Kier alpha value is -0.0900. The van der Waals surface area contributed by atoms with Crippen molar-refractivity contribution < 1.29 is 4.84 Å². The standard InChI is InChI=1S/C7H11BrN2O/c8-7-3-6(11-10-7)5-1-2-9-4-5/h5-6,9H,1-4H2/t5-,6+/m1/s1. The smallest absolute Gasteiger partial charge is 0.137 e. The summed E-state index contributed by atoms with van der Waals surface area (Å²) in [5, 5.41) is 7.19. The second-order valence-corrected chi connectivity index (χ2v) is 3.98. The molecule has 2 heterocycles. The average Bonchev–Trinajstić information content (AvgIpc) is 2.55. The van der Waals surface area contributed by atoms with Crippen molar-refractivity contribution in [1.29, 1.82) is 0 Å². The van der Waals surface area contributed by atoms with E-state index in [0.717, 1.165) is 24.1 Å². The van der Waals surface area contributed by atoms with Gasteiger partial charge >= 0.3 is 0 Å². The van der Waals surface area contributed by atoms with E-state index in [2.05, 4.69) is 26.4 Å². The predicted octanol–water partition coefficient (Wildman–Crippen LogP) is 1.09. The van der Waals surface area contributed by atoms with Gasteiger partial charge < -0.3 is 10.2 Å². The summed E-state index contributed by atoms with van der Waals surface area (Å²) < 4.78 is 0.953. The number of oxime groups is 1. The molecule has 3 nitrogen and oxygen atoms in total. The van der Waals surface area contributed by atoms with Crippen molar-refractivity contribution in [2.24, 2.45) is 11.1 Å². The van der Waals surface area contributed by atoms with Crippen LogP contribution < -0.4 is 5.32 Å². The molecular weight excluding hydrogens is 208 g/mol. The Bertz CT molecular complexity index is 177. The van der Waals surface area contributed by atoms with E-state index in [1.54, 1.807) is 0 Å². The molecule has 2 aliphatic rings. The lowest BCUT2D eigenvalue weighted by atomic mass is 10.00. The van der Waals surface area contributed by atoms with E-state index in [9.17, 15) is 0 Å². The molecule has 0 aromatic carbocycles. The molecule has 0 unspecified atom stereocenters. The van der Waals surface area contributed by atoms with Crippen LogP contribution in [-0.4, -0.2) is 23.8 Å². The number of hydrogen-bond acceptors (Lipinski definition) is 3. The SMILES string of the molecule is BrC1=NO[C@H]([C@@H]2CCNC2)C1. The molecule has 0 aliphatic carbocycles. The molecule has 2 aliphatic heterocycles. The number of hydrogen-bond donors (Lipinski definition) is 1. The molecule has 0 spiro atoms. The van der Waals surface area contributed by atoms with Crippen LogP contribution in [0.5, 0.6) is 0 Å². The molecule has 0 aromatic heterocycles. The fourth-order valence-corrected chi connectivity index (χ4v) is 2.02. The lowest BCUT2D eigenvalue weighted by molar-refractivity contribution is 0.0467. The summed E-state index contributed by atoms with van der Waals surface area (Å²) in [6, 6.07) is 0. The van der Waals surface area contributed by atoms with Crippen molar-refractivity contribution in [3.05, 3.63) is 0 Å². The van der Waals surface area contributed by atoms with Gasteiger partial charge in [-0.25, -0.2) is 0 Å². The van der Waals surface area contributed by atoms with Crippen LogP contribution in [-0.2, 0) is 4.84 Å². The van der Waals surface area contributed by atoms with E-state index >= 15 is 0 Å². The third-order valence-corrected chi connectivity index (χ3v) is 2.75. The van der Waals surface area contributed by atoms with Crippen LogP contribution in [0.2, 0.25) is 0 Å². The van der Waals surface area contributed by atoms with E-state index in [1.807, 2.05) is 0 Å². The van der Waals surface area contributed by atoms with Gasteiger partial charge in [0.05, 0.1) is 0 Å². The number of nitrogens with one attached hydrogen (secondary N) is 1. The highest BCUT2D eigenvalue weighted by Crippen LogP contribution is 2.24. The Morgan fingerprint density at radius 2 is 2.55 bits per heavy atom. The molecule has 11 heavy (non-hydrogen) atoms. The summed E-state index contributed by atoms with van der Waals surface area (Å²) in [6.07, 6.45) is 2.49. The average molecular weight is 219 g/mol. The quantitative estimate of drug-likeness (QED) is 0.716. The second-order valence-electron chi connectivity index (χ2n) is 3.07. The van der Waals surface area contributed by atoms with Gasteiger partial charge in [0.2, 0.25) is 0 Å². The number of rotatable bonds is 1. The van der Waals surface area contributed by atoms with Crippen LogP contribution >= 0.6 is 15.9 Å². The molecular formula is C7H11BrN2O. The molecule has 1 N–H and O–H groups in total. The summed E-state index contributed by atoms with van der Waals surface area (Å²) in [5.41, 5.74) is 0. The molecule has 4 heteroatoms. The summed E-state index contributed by atoms with van der Waals surface area (Å²) in [4.78, 5) is 5.25. The molecule has 0 aromatic rings. The van der Waals surface area contributed by atoms with E-state index < -0.39 is 0 Å². The van der Waals surface area contributed by atoms with Crippen molar-refractivity contribution in [3.8, 4) is 0 Å². The van der Waals surface area contributed by atoms with Crippen LogP contribution in [0.15, 0.2) is 5.16 Å². The van der Waals surface area contributed by atoms with Gasteiger partial charge in [0, 0.05) is 18.9 Å². The molecule has 0 radical (unpaired) electrons.